The van der Waals surface area contributed by atoms with Crippen molar-refractivity contribution < 1.29 is 9.53 Å². The summed E-state index contributed by atoms with van der Waals surface area (Å²) >= 11 is 19.0. The van der Waals surface area contributed by atoms with Crippen LogP contribution in [-0.2, 0) is 9.53 Å². The first-order valence-electron chi connectivity index (χ1n) is 12.4. The zero-order valence-corrected chi connectivity index (χ0v) is 23.0. The highest BCUT2D eigenvalue weighted by atomic mass is 35.5. The SMILES string of the molecule is CC1(C)COCCC1Nc1ncc2nc(Nc3c(Cl)cc(Cl)cc3Cl)n(C3CCC(C(N)=O)CC3)c2n1. The highest BCUT2D eigenvalue weighted by molar-refractivity contribution is 6.41. The molecule has 5 rings (SSSR count). The van der Waals surface area contributed by atoms with Gasteiger partial charge in [-0.2, -0.15) is 4.98 Å². The van der Waals surface area contributed by atoms with Crippen LogP contribution in [0.25, 0.3) is 11.2 Å². The molecule has 1 aromatic carbocycles. The maximum Gasteiger partial charge on any atom is 0.225 e. The third kappa shape index (κ3) is 5.46. The van der Waals surface area contributed by atoms with E-state index in [2.05, 4.69) is 34.0 Å². The van der Waals surface area contributed by atoms with Crippen LogP contribution in [0.2, 0.25) is 15.1 Å². The molecule has 0 bridgehead atoms. The van der Waals surface area contributed by atoms with Gasteiger partial charge in [-0.15, -0.1) is 0 Å². The molecular formula is C25H30Cl3N7O2. The zero-order chi connectivity index (χ0) is 26.3. The third-order valence-electron chi connectivity index (χ3n) is 7.41. The minimum atomic E-state index is -0.250. The van der Waals surface area contributed by atoms with Crippen molar-refractivity contribution in [1.29, 1.82) is 0 Å². The van der Waals surface area contributed by atoms with E-state index in [9.17, 15) is 4.79 Å². The lowest BCUT2D eigenvalue weighted by Gasteiger charge is -2.38. The van der Waals surface area contributed by atoms with Crippen molar-refractivity contribution in [2.24, 2.45) is 17.1 Å². The second kappa shape index (κ2) is 10.4. The second-order valence-corrected chi connectivity index (χ2v) is 11.8. The number of aromatic nitrogens is 4. The molecule has 12 heteroatoms. The number of amides is 1. The Hall–Kier alpha value is -2.33. The lowest BCUT2D eigenvalue weighted by Crippen LogP contribution is -2.44. The van der Waals surface area contributed by atoms with Crippen LogP contribution < -0.4 is 16.4 Å². The number of nitrogens with one attached hydrogen (secondary N) is 2. The monoisotopic (exact) mass is 565 g/mol. The molecule has 0 spiro atoms. The number of anilines is 3. The standard InChI is InChI=1S/C25H30Cl3N7O2/c1-25(2)12-37-8-7-19(25)32-23-30-11-18-22(34-23)35(15-5-3-13(4-6-15)21(29)36)24(31-18)33-20-16(27)9-14(26)10-17(20)28/h9-11,13,15,19H,3-8,12H2,1-2H3,(H2,29,36)(H,31,33)(H,30,32,34). The van der Waals surface area contributed by atoms with E-state index in [0.29, 0.717) is 69.9 Å². The van der Waals surface area contributed by atoms with E-state index in [4.69, 9.17) is 55.2 Å². The average molecular weight is 567 g/mol. The number of primary amides is 1. The predicted octanol–water partition coefficient (Wildman–Crippen LogP) is 5.97. The normalized spacial score (nSPS) is 23.6. The fourth-order valence-corrected chi connectivity index (χ4v) is 6.15. The maximum absolute atomic E-state index is 11.8. The van der Waals surface area contributed by atoms with Crippen molar-refractivity contribution in [1.82, 2.24) is 19.5 Å². The summed E-state index contributed by atoms with van der Waals surface area (Å²) < 4.78 is 7.73. The summed E-state index contributed by atoms with van der Waals surface area (Å²) in [6.45, 7) is 5.71. The van der Waals surface area contributed by atoms with Crippen molar-refractivity contribution >= 4 is 69.5 Å². The fourth-order valence-electron chi connectivity index (χ4n) is 5.24. The summed E-state index contributed by atoms with van der Waals surface area (Å²) in [6.07, 6.45) is 5.51. The van der Waals surface area contributed by atoms with Gasteiger partial charge in [0, 0.05) is 35.0 Å². The van der Waals surface area contributed by atoms with Gasteiger partial charge < -0.3 is 21.1 Å². The first kappa shape index (κ1) is 26.3. The van der Waals surface area contributed by atoms with Gasteiger partial charge in [-0.25, -0.2) is 9.97 Å². The molecule has 1 aliphatic heterocycles. The Morgan fingerprint density at radius 3 is 2.46 bits per heavy atom. The van der Waals surface area contributed by atoms with Gasteiger partial charge in [0.15, 0.2) is 5.65 Å². The second-order valence-electron chi connectivity index (χ2n) is 10.5. The molecule has 0 radical (unpaired) electrons. The molecule has 4 N–H and O–H groups in total. The number of halogens is 3. The highest BCUT2D eigenvalue weighted by Crippen LogP contribution is 2.40. The van der Waals surface area contributed by atoms with E-state index in [1.54, 1.807) is 18.3 Å². The number of nitrogens with two attached hydrogens (primary N) is 1. The van der Waals surface area contributed by atoms with Gasteiger partial charge in [-0.05, 0) is 44.2 Å². The molecule has 2 aliphatic rings. The van der Waals surface area contributed by atoms with E-state index in [0.717, 1.165) is 19.3 Å². The fraction of sp³-hybridized carbons (Fsp3) is 0.520. The topological polar surface area (TPSA) is 120 Å². The largest absolute Gasteiger partial charge is 0.381 e. The molecule has 1 amide bonds. The minimum absolute atomic E-state index is 0.0511. The van der Waals surface area contributed by atoms with Crippen molar-refractivity contribution in [3.05, 3.63) is 33.4 Å². The number of hydrogen-bond donors (Lipinski definition) is 3. The summed E-state index contributed by atoms with van der Waals surface area (Å²) in [7, 11) is 0. The van der Waals surface area contributed by atoms with Crippen molar-refractivity contribution in [3.8, 4) is 0 Å². The molecule has 1 aliphatic carbocycles. The van der Waals surface area contributed by atoms with Gasteiger partial charge in [0.2, 0.25) is 17.8 Å². The smallest absolute Gasteiger partial charge is 0.225 e. The van der Waals surface area contributed by atoms with E-state index in [1.165, 1.54) is 0 Å². The van der Waals surface area contributed by atoms with Crippen LogP contribution >= 0.6 is 34.8 Å². The van der Waals surface area contributed by atoms with Crippen LogP contribution in [0.15, 0.2) is 18.3 Å². The van der Waals surface area contributed by atoms with Crippen LogP contribution in [0.1, 0.15) is 52.0 Å². The van der Waals surface area contributed by atoms with Gasteiger partial charge in [-0.3, -0.25) is 9.36 Å². The molecule has 198 valence electrons. The van der Waals surface area contributed by atoms with Gasteiger partial charge in [0.05, 0.1) is 28.5 Å². The molecule has 1 saturated heterocycles. The first-order chi connectivity index (χ1) is 17.6. The van der Waals surface area contributed by atoms with Gasteiger partial charge in [0.1, 0.15) is 5.52 Å². The number of ether oxygens (including phenoxy) is 1. The molecule has 3 aromatic rings. The zero-order valence-electron chi connectivity index (χ0n) is 20.7. The molecular weight excluding hydrogens is 537 g/mol. The summed E-state index contributed by atoms with van der Waals surface area (Å²) in [4.78, 5) is 26.0. The Balaban J connectivity index is 1.53. The first-order valence-corrected chi connectivity index (χ1v) is 13.6. The molecule has 1 saturated carbocycles. The number of benzene rings is 1. The molecule has 2 fully saturated rings. The molecule has 1 unspecified atom stereocenters. The number of imidazole rings is 1. The average Bonchev–Trinajstić information content (AvgIpc) is 3.20. The van der Waals surface area contributed by atoms with Gasteiger partial charge in [0.25, 0.3) is 0 Å². The Kier molecular flexibility index (Phi) is 7.42. The number of carbonyl (C=O) groups is 1. The third-order valence-corrected chi connectivity index (χ3v) is 8.23. The molecule has 37 heavy (non-hydrogen) atoms. The highest BCUT2D eigenvalue weighted by Gasteiger charge is 2.34. The van der Waals surface area contributed by atoms with Crippen molar-refractivity contribution in [2.45, 2.75) is 58.0 Å². The minimum Gasteiger partial charge on any atom is -0.381 e. The van der Waals surface area contributed by atoms with E-state index in [1.807, 2.05) is 0 Å². The summed E-state index contributed by atoms with van der Waals surface area (Å²) in [6, 6.07) is 3.47. The predicted molar refractivity (Wildman–Crippen MR) is 147 cm³/mol. The van der Waals surface area contributed by atoms with Crippen LogP contribution in [-0.4, -0.2) is 44.7 Å². The van der Waals surface area contributed by atoms with Gasteiger partial charge in [-0.1, -0.05) is 48.7 Å². The van der Waals surface area contributed by atoms with E-state index in [-0.39, 0.29) is 29.3 Å². The molecule has 9 nitrogen and oxygen atoms in total. The van der Waals surface area contributed by atoms with Crippen LogP contribution in [0.3, 0.4) is 0 Å². The van der Waals surface area contributed by atoms with Gasteiger partial charge >= 0.3 is 0 Å². The van der Waals surface area contributed by atoms with Crippen molar-refractivity contribution in [3.63, 3.8) is 0 Å². The Morgan fingerprint density at radius 1 is 1.11 bits per heavy atom. The molecule has 3 heterocycles. The summed E-state index contributed by atoms with van der Waals surface area (Å²) in [5, 5.41) is 8.02. The number of hydrogen-bond acceptors (Lipinski definition) is 7. The van der Waals surface area contributed by atoms with E-state index >= 15 is 0 Å². The Morgan fingerprint density at radius 2 is 1.81 bits per heavy atom. The maximum atomic E-state index is 11.8. The van der Waals surface area contributed by atoms with Crippen LogP contribution in [0.4, 0.5) is 17.6 Å². The summed E-state index contributed by atoms with van der Waals surface area (Å²) in [5.41, 5.74) is 7.36. The quantitative estimate of drug-likeness (QED) is 0.336. The Labute approximate surface area is 230 Å². The lowest BCUT2D eigenvalue weighted by molar-refractivity contribution is -0.122. The van der Waals surface area contributed by atoms with Crippen LogP contribution in [0, 0.1) is 11.3 Å². The lowest BCUT2D eigenvalue weighted by atomic mass is 9.82. The number of rotatable bonds is 6. The Bertz CT molecular complexity index is 1300. The summed E-state index contributed by atoms with van der Waals surface area (Å²) in [5.74, 6) is 0.708. The number of nitrogens with zero attached hydrogens (tertiary/aromatic N) is 4. The van der Waals surface area contributed by atoms with Crippen LogP contribution in [0.5, 0.6) is 0 Å². The molecule has 2 aromatic heterocycles. The van der Waals surface area contributed by atoms with E-state index < -0.39 is 0 Å². The van der Waals surface area contributed by atoms with Crippen molar-refractivity contribution in [2.75, 3.05) is 23.8 Å². The number of fused-ring (bicyclic) bond motifs is 1. The molecule has 1 atom stereocenters. The number of carbonyl (C=O) groups excluding carboxylic acids is 1.